The van der Waals surface area contributed by atoms with E-state index in [4.69, 9.17) is 9.47 Å². The molecule has 1 amide bonds. The summed E-state index contributed by atoms with van der Waals surface area (Å²) in [5, 5.41) is 2.73. The Morgan fingerprint density at radius 1 is 1.00 bits per heavy atom. The van der Waals surface area contributed by atoms with E-state index >= 15 is 0 Å². The normalized spacial score (nSPS) is 11.0. The van der Waals surface area contributed by atoms with Crippen LogP contribution in [0.1, 0.15) is 10.4 Å². The lowest BCUT2D eigenvalue weighted by molar-refractivity contribution is 0.102. The van der Waals surface area contributed by atoms with Crippen LogP contribution in [0, 0.1) is 0 Å². The maximum absolute atomic E-state index is 12.9. The van der Waals surface area contributed by atoms with Crippen molar-refractivity contribution < 1.29 is 22.7 Å². The zero-order chi connectivity index (χ0) is 22.3. The van der Waals surface area contributed by atoms with Crippen molar-refractivity contribution in [1.82, 2.24) is 4.98 Å². The predicted molar refractivity (Wildman–Crippen MR) is 118 cm³/mol. The Balaban J connectivity index is 1.74. The summed E-state index contributed by atoms with van der Waals surface area (Å²) in [6.45, 7) is 0.676. The maximum Gasteiger partial charge on any atom is 0.264 e. The third-order valence-electron chi connectivity index (χ3n) is 4.44. The SMILES string of the molecule is COCCOc1ncccc1NC(=O)c1ccc(S(=O)(=O)N(C)c2ccccc2)cc1. The lowest BCUT2D eigenvalue weighted by atomic mass is 10.2. The highest BCUT2D eigenvalue weighted by molar-refractivity contribution is 7.92. The monoisotopic (exact) mass is 441 g/mol. The molecule has 0 saturated heterocycles. The number of sulfonamides is 1. The van der Waals surface area contributed by atoms with Crippen molar-refractivity contribution in [1.29, 1.82) is 0 Å². The quantitative estimate of drug-likeness (QED) is 0.512. The summed E-state index contributed by atoms with van der Waals surface area (Å²) in [5.41, 5.74) is 1.25. The number of para-hydroxylation sites is 1. The number of pyridine rings is 1. The summed E-state index contributed by atoms with van der Waals surface area (Å²) in [7, 11) is -0.707. The summed E-state index contributed by atoms with van der Waals surface area (Å²) in [4.78, 5) is 16.8. The van der Waals surface area contributed by atoms with Crippen molar-refractivity contribution >= 4 is 27.3 Å². The first-order valence-corrected chi connectivity index (χ1v) is 10.9. The molecule has 8 nitrogen and oxygen atoms in total. The number of methoxy groups -OCH3 is 1. The van der Waals surface area contributed by atoms with Gasteiger partial charge in [-0.15, -0.1) is 0 Å². The van der Waals surface area contributed by atoms with Crippen LogP contribution in [0.3, 0.4) is 0 Å². The molecule has 31 heavy (non-hydrogen) atoms. The van der Waals surface area contributed by atoms with E-state index in [1.54, 1.807) is 49.7 Å². The van der Waals surface area contributed by atoms with E-state index in [0.717, 1.165) is 0 Å². The van der Waals surface area contributed by atoms with Gasteiger partial charge in [-0.25, -0.2) is 13.4 Å². The molecule has 0 radical (unpaired) electrons. The van der Waals surface area contributed by atoms with Crippen LogP contribution in [-0.2, 0) is 14.8 Å². The van der Waals surface area contributed by atoms with Crippen LogP contribution >= 0.6 is 0 Å². The van der Waals surface area contributed by atoms with Gasteiger partial charge in [0.2, 0.25) is 5.88 Å². The highest BCUT2D eigenvalue weighted by atomic mass is 32.2. The number of benzene rings is 2. The molecule has 0 aliphatic rings. The first-order valence-electron chi connectivity index (χ1n) is 9.45. The van der Waals surface area contributed by atoms with Crippen LogP contribution in [0.15, 0.2) is 77.8 Å². The predicted octanol–water partition coefficient (Wildman–Crippen LogP) is 3.18. The molecule has 0 saturated carbocycles. The van der Waals surface area contributed by atoms with Crippen molar-refractivity contribution in [2.24, 2.45) is 0 Å². The molecule has 1 N–H and O–H groups in total. The number of rotatable bonds is 9. The van der Waals surface area contributed by atoms with Crippen LogP contribution in [0.4, 0.5) is 11.4 Å². The summed E-state index contributed by atoms with van der Waals surface area (Å²) in [6, 6.07) is 17.8. The molecule has 1 aromatic heterocycles. The summed E-state index contributed by atoms with van der Waals surface area (Å²) in [6.07, 6.45) is 1.56. The standard InChI is InChI=1S/C22H23N3O5S/c1-25(18-7-4-3-5-8-18)31(27,28)19-12-10-17(11-13-19)21(26)24-20-9-6-14-23-22(20)30-16-15-29-2/h3-14H,15-16H2,1-2H3,(H,24,26). The number of hydrogen-bond acceptors (Lipinski definition) is 6. The van der Waals surface area contributed by atoms with Gasteiger partial charge in [-0.05, 0) is 48.5 Å². The Labute approximate surface area is 181 Å². The van der Waals surface area contributed by atoms with Crippen molar-refractivity contribution in [3.8, 4) is 5.88 Å². The van der Waals surface area contributed by atoms with Gasteiger partial charge in [0.1, 0.15) is 12.3 Å². The highest BCUT2D eigenvalue weighted by Gasteiger charge is 2.21. The Bertz CT molecular complexity index is 1120. The number of carbonyl (C=O) groups is 1. The fourth-order valence-corrected chi connectivity index (χ4v) is 3.93. The first kappa shape index (κ1) is 22.3. The van der Waals surface area contributed by atoms with Gasteiger partial charge < -0.3 is 14.8 Å². The average Bonchev–Trinajstić information content (AvgIpc) is 2.80. The lowest BCUT2D eigenvalue weighted by Crippen LogP contribution is -2.26. The maximum atomic E-state index is 12.9. The van der Waals surface area contributed by atoms with Crippen LogP contribution in [0.5, 0.6) is 5.88 Å². The minimum atomic E-state index is -3.75. The average molecular weight is 442 g/mol. The molecule has 0 aliphatic heterocycles. The number of hydrogen-bond donors (Lipinski definition) is 1. The molecule has 0 aliphatic carbocycles. The van der Waals surface area contributed by atoms with E-state index in [2.05, 4.69) is 10.3 Å². The van der Waals surface area contributed by atoms with Gasteiger partial charge in [0.25, 0.3) is 15.9 Å². The van der Waals surface area contributed by atoms with Gasteiger partial charge in [-0.1, -0.05) is 18.2 Å². The Hall–Kier alpha value is -3.43. The van der Waals surface area contributed by atoms with Crippen molar-refractivity contribution in [2.75, 3.05) is 37.0 Å². The first-order chi connectivity index (χ1) is 14.9. The zero-order valence-electron chi connectivity index (χ0n) is 17.2. The lowest BCUT2D eigenvalue weighted by Gasteiger charge is -2.19. The zero-order valence-corrected chi connectivity index (χ0v) is 18.0. The number of carbonyl (C=O) groups excluding carboxylic acids is 1. The van der Waals surface area contributed by atoms with Gasteiger partial charge >= 0.3 is 0 Å². The molecule has 9 heteroatoms. The van der Waals surface area contributed by atoms with Crippen LogP contribution in [-0.4, -0.2) is 46.7 Å². The van der Waals surface area contributed by atoms with Crippen molar-refractivity contribution in [3.05, 3.63) is 78.5 Å². The third-order valence-corrected chi connectivity index (χ3v) is 6.24. The summed E-state index contributed by atoms with van der Waals surface area (Å²) >= 11 is 0. The molecule has 3 aromatic rings. The molecule has 0 bridgehead atoms. The summed E-state index contributed by atoms with van der Waals surface area (Å²) < 4.78 is 37.4. The summed E-state index contributed by atoms with van der Waals surface area (Å²) in [5.74, 6) is -0.137. The molecule has 0 fully saturated rings. The van der Waals surface area contributed by atoms with Gasteiger partial charge in [0.15, 0.2) is 0 Å². The molecule has 1 heterocycles. The van der Waals surface area contributed by atoms with E-state index in [9.17, 15) is 13.2 Å². The number of nitrogens with zero attached hydrogens (tertiary/aromatic N) is 2. The number of amides is 1. The van der Waals surface area contributed by atoms with Gasteiger partial charge in [0, 0.05) is 25.9 Å². The van der Waals surface area contributed by atoms with Gasteiger partial charge in [-0.2, -0.15) is 0 Å². The van der Waals surface area contributed by atoms with E-state index in [1.165, 1.54) is 35.6 Å². The van der Waals surface area contributed by atoms with Gasteiger partial charge in [0.05, 0.1) is 17.2 Å². The van der Waals surface area contributed by atoms with Gasteiger partial charge in [-0.3, -0.25) is 9.10 Å². The van der Waals surface area contributed by atoms with E-state index in [-0.39, 0.29) is 17.4 Å². The van der Waals surface area contributed by atoms with Crippen LogP contribution < -0.4 is 14.4 Å². The van der Waals surface area contributed by atoms with Crippen molar-refractivity contribution in [2.45, 2.75) is 4.90 Å². The van der Waals surface area contributed by atoms with E-state index in [0.29, 0.717) is 23.5 Å². The molecular weight excluding hydrogens is 418 g/mol. The molecule has 0 atom stereocenters. The van der Waals surface area contributed by atoms with E-state index in [1.807, 2.05) is 6.07 Å². The molecule has 3 rings (SSSR count). The minimum absolute atomic E-state index is 0.0837. The Morgan fingerprint density at radius 2 is 1.71 bits per heavy atom. The number of ether oxygens (including phenoxy) is 2. The topological polar surface area (TPSA) is 97.8 Å². The third kappa shape index (κ3) is 5.39. The highest BCUT2D eigenvalue weighted by Crippen LogP contribution is 2.24. The molecule has 162 valence electrons. The largest absolute Gasteiger partial charge is 0.474 e. The number of aromatic nitrogens is 1. The van der Waals surface area contributed by atoms with Crippen LogP contribution in [0.2, 0.25) is 0 Å². The molecular formula is C22H23N3O5S. The number of nitrogens with one attached hydrogen (secondary N) is 1. The number of anilines is 2. The fourth-order valence-electron chi connectivity index (χ4n) is 2.73. The molecule has 0 unspecified atom stereocenters. The second-order valence-electron chi connectivity index (χ2n) is 6.48. The second-order valence-corrected chi connectivity index (χ2v) is 8.45. The van der Waals surface area contributed by atoms with Crippen molar-refractivity contribution in [3.63, 3.8) is 0 Å². The fraction of sp³-hybridized carbons (Fsp3) is 0.182. The Kier molecular flexibility index (Phi) is 7.22. The van der Waals surface area contributed by atoms with Crippen LogP contribution in [0.25, 0.3) is 0 Å². The minimum Gasteiger partial charge on any atom is -0.474 e. The molecule has 0 spiro atoms. The smallest absolute Gasteiger partial charge is 0.264 e. The molecule has 2 aromatic carbocycles. The van der Waals surface area contributed by atoms with E-state index < -0.39 is 15.9 Å². The second kappa shape index (κ2) is 10.1. The Morgan fingerprint density at radius 3 is 2.39 bits per heavy atom.